The van der Waals surface area contributed by atoms with Crippen molar-refractivity contribution in [1.29, 1.82) is 0 Å². The zero-order chi connectivity index (χ0) is 12.3. The highest BCUT2D eigenvalue weighted by molar-refractivity contribution is 9.10. The second-order valence-electron chi connectivity index (χ2n) is 4.26. The van der Waals surface area contributed by atoms with Gasteiger partial charge in [-0.1, -0.05) is 13.8 Å². The maximum Gasteiger partial charge on any atom is 0.181 e. The Bertz CT molecular complexity index is 476. The number of aromatic nitrogens is 1. The van der Waals surface area contributed by atoms with Gasteiger partial charge < -0.3 is 14.2 Å². The Hall–Kier alpha value is -1.07. The molecule has 0 bridgehead atoms. The summed E-state index contributed by atoms with van der Waals surface area (Å²) in [6.45, 7) is 5.99. The minimum Gasteiger partial charge on any atom is -0.457 e. The summed E-state index contributed by atoms with van der Waals surface area (Å²) in [7, 11) is 0. The van der Waals surface area contributed by atoms with Crippen LogP contribution in [0.2, 0.25) is 0 Å². The molecule has 0 spiro atoms. The molecule has 2 heterocycles. The lowest BCUT2D eigenvalue weighted by molar-refractivity contribution is 0.533. The molecule has 4 nitrogen and oxygen atoms in total. The summed E-state index contributed by atoms with van der Waals surface area (Å²) in [6.07, 6.45) is 3.08. The van der Waals surface area contributed by atoms with E-state index in [2.05, 4.69) is 40.1 Å². The first-order valence-electron chi connectivity index (χ1n) is 5.55. The van der Waals surface area contributed by atoms with Crippen LogP contribution >= 0.6 is 15.9 Å². The van der Waals surface area contributed by atoms with E-state index in [-0.39, 0.29) is 0 Å². The zero-order valence-corrected chi connectivity index (χ0v) is 11.5. The molecule has 0 saturated carbocycles. The van der Waals surface area contributed by atoms with Crippen molar-refractivity contribution < 1.29 is 8.83 Å². The van der Waals surface area contributed by atoms with Gasteiger partial charge in [-0.2, -0.15) is 0 Å². The molecule has 2 aromatic rings. The predicted octanol–water partition coefficient (Wildman–Crippen LogP) is 3.44. The molecule has 0 radical (unpaired) electrons. The van der Waals surface area contributed by atoms with Crippen LogP contribution in [0.25, 0.3) is 11.3 Å². The van der Waals surface area contributed by atoms with Crippen molar-refractivity contribution in [3.05, 3.63) is 29.1 Å². The molecule has 0 amide bonds. The molecule has 0 aliphatic carbocycles. The molecule has 0 aliphatic rings. The molecular formula is C12H15BrN2O2. The fraction of sp³-hybridized carbons (Fsp3) is 0.417. The van der Waals surface area contributed by atoms with Gasteiger partial charge in [0.15, 0.2) is 16.8 Å². The lowest BCUT2D eigenvalue weighted by atomic mass is 10.2. The van der Waals surface area contributed by atoms with E-state index >= 15 is 0 Å². The van der Waals surface area contributed by atoms with Gasteiger partial charge in [0.1, 0.15) is 5.69 Å². The van der Waals surface area contributed by atoms with Gasteiger partial charge in [0.25, 0.3) is 0 Å². The first-order chi connectivity index (χ1) is 8.18. The number of nitrogens with one attached hydrogen (secondary N) is 1. The summed E-state index contributed by atoms with van der Waals surface area (Å²) in [5, 5.41) is 3.34. The summed E-state index contributed by atoms with van der Waals surface area (Å²) in [5.74, 6) is 1.37. The minimum absolute atomic E-state index is 0.617. The Morgan fingerprint density at radius 1 is 1.41 bits per heavy atom. The largest absolute Gasteiger partial charge is 0.457 e. The topological polar surface area (TPSA) is 51.2 Å². The second kappa shape index (κ2) is 5.51. The summed E-state index contributed by atoms with van der Waals surface area (Å²) in [5.41, 5.74) is 1.79. The Morgan fingerprint density at radius 2 is 2.24 bits per heavy atom. The number of oxazole rings is 1. The van der Waals surface area contributed by atoms with E-state index in [4.69, 9.17) is 8.83 Å². The van der Waals surface area contributed by atoms with Gasteiger partial charge >= 0.3 is 0 Å². The molecule has 5 heteroatoms. The monoisotopic (exact) mass is 298 g/mol. The number of hydrogen-bond acceptors (Lipinski definition) is 4. The fourth-order valence-electron chi connectivity index (χ4n) is 1.55. The van der Waals surface area contributed by atoms with Crippen LogP contribution in [-0.4, -0.2) is 11.5 Å². The third-order valence-electron chi connectivity index (χ3n) is 2.35. The lowest BCUT2D eigenvalue weighted by Crippen LogP contribution is -2.19. The highest BCUT2D eigenvalue weighted by Gasteiger charge is 2.15. The van der Waals surface area contributed by atoms with Crippen LogP contribution in [0.5, 0.6) is 0 Å². The summed E-state index contributed by atoms with van der Waals surface area (Å²) in [4.78, 5) is 4.22. The zero-order valence-electron chi connectivity index (χ0n) is 9.87. The van der Waals surface area contributed by atoms with Crippen molar-refractivity contribution in [3.63, 3.8) is 0 Å². The molecule has 17 heavy (non-hydrogen) atoms. The summed E-state index contributed by atoms with van der Waals surface area (Å²) >= 11 is 3.34. The van der Waals surface area contributed by atoms with Crippen molar-refractivity contribution in [1.82, 2.24) is 10.3 Å². The van der Waals surface area contributed by atoms with Crippen LogP contribution in [0.15, 0.2) is 32.2 Å². The van der Waals surface area contributed by atoms with Gasteiger partial charge in [-0.25, -0.2) is 4.98 Å². The van der Waals surface area contributed by atoms with E-state index in [1.807, 2.05) is 6.07 Å². The van der Waals surface area contributed by atoms with Crippen molar-refractivity contribution in [2.75, 3.05) is 6.54 Å². The van der Waals surface area contributed by atoms with Gasteiger partial charge in [0.2, 0.25) is 0 Å². The van der Waals surface area contributed by atoms with Gasteiger partial charge in [0, 0.05) is 6.54 Å². The Labute approximate surface area is 109 Å². The average Bonchev–Trinajstić information content (AvgIpc) is 2.86. The van der Waals surface area contributed by atoms with Crippen molar-refractivity contribution >= 4 is 15.9 Å². The highest BCUT2D eigenvalue weighted by atomic mass is 79.9. The average molecular weight is 299 g/mol. The van der Waals surface area contributed by atoms with Crippen molar-refractivity contribution in [2.24, 2.45) is 5.92 Å². The van der Waals surface area contributed by atoms with Gasteiger partial charge in [-0.15, -0.1) is 0 Å². The van der Waals surface area contributed by atoms with Gasteiger partial charge in [-0.05, 0) is 34.5 Å². The Kier molecular flexibility index (Phi) is 4.02. The van der Waals surface area contributed by atoms with Gasteiger partial charge in [-0.3, -0.25) is 0 Å². The van der Waals surface area contributed by atoms with Crippen molar-refractivity contribution in [3.8, 4) is 11.3 Å². The molecule has 0 saturated heterocycles. The number of rotatable bonds is 5. The molecule has 0 fully saturated rings. The van der Waals surface area contributed by atoms with E-state index in [0.29, 0.717) is 17.1 Å². The SMILES string of the molecule is CC(C)CNCc1ncoc1-c1ccoc1Br. The second-order valence-corrected chi connectivity index (χ2v) is 4.98. The van der Waals surface area contributed by atoms with Crippen LogP contribution in [0.1, 0.15) is 19.5 Å². The van der Waals surface area contributed by atoms with Crippen LogP contribution in [0.4, 0.5) is 0 Å². The maximum absolute atomic E-state index is 5.41. The van der Waals surface area contributed by atoms with Crippen LogP contribution in [-0.2, 0) is 6.54 Å². The highest BCUT2D eigenvalue weighted by Crippen LogP contribution is 2.31. The smallest absolute Gasteiger partial charge is 0.181 e. The number of hydrogen-bond donors (Lipinski definition) is 1. The normalized spacial score (nSPS) is 11.3. The molecule has 92 valence electrons. The van der Waals surface area contributed by atoms with E-state index in [0.717, 1.165) is 23.6 Å². The number of halogens is 1. The third kappa shape index (κ3) is 2.98. The van der Waals surface area contributed by atoms with Gasteiger partial charge in [0.05, 0.1) is 11.8 Å². The molecule has 0 aromatic carbocycles. The number of nitrogens with zero attached hydrogens (tertiary/aromatic N) is 1. The summed E-state index contributed by atoms with van der Waals surface area (Å²) < 4.78 is 11.3. The molecule has 2 rings (SSSR count). The third-order valence-corrected chi connectivity index (χ3v) is 2.96. The quantitative estimate of drug-likeness (QED) is 0.919. The first-order valence-corrected chi connectivity index (χ1v) is 6.34. The van der Waals surface area contributed by atoms with Crippen molar-refractivity contribution in [2.45, 2.75) is 20.4 Å². The molecule has 2 aromatic heterocycles. The molecule has 0 aliphatic heterocycles. The maximum atomic E-state index is 5.41. The van der Waals surface area contributed by atoms with Crippen LogP contribution in [0.3, 0.4) is 0 Å². The molecule has 0 unspecified atom stereocenters. The Morgan fingerprint density at radius 3 is 2.88 bits per heavy atom. The Balaban J connectivity index is 2.10. The fourth-order valence-corrected chi connectivity index (χ4v) is 1.97. The van der Waals surface area contributed by atoms with E-state index in [9.17, 15) is 0 Å². The molecule has 1 N–H and O–H groups in total. The van der Waals surface area contributed by atoms with Crippen LogP contribution < -0.4 is 5.32 Å². The molecule has 0 atom stereocenters. The number of furan rings is 1. The predicted molar refractivity (Wildman–Crippen MR) is 68.4 cm³/mol. The minimum atomic E-state index is 0.617. The molecular weight excluding hydrogens is 284 g/mol. The summed E-state index contributed by atoms with van der Waals surface area (Å²) in [6, 6.07) is 1.86. The van der Waals surface area contributed by atoms with E-state index < -0.39 is 0 Å². The lowest BCUT2D eigenvalue weighted by Gasteiger charge is -2.06. The van der Waals surface area contributed by atoms with E-state index in [1.54, 1.807) is 6.26 Å². The van der Waals surface area contributed by atoms with Crippen LogP contribution in [0, 0.1) is 5.92 Å². The standard InChI is InChI=1S/C12H15BrN2O2/c1-8(2)5-14-6-10-11(17-7-15-10)9-3-4-16-12(9)13/h3-4,7-8,14H,5-6H2,1-2H3. The van der Waals surface area contributed by atoms with E-state index in [1.165, 1.54) is 6.39 Å². The first kappa shape index (κ1) is 12.4.